The van der Waals surface area contributed by atoms with E-state index in [0.29, 0.717) is 5.56 Å². The molecule has 0 radical (unpaired) electrons. The van der Waals surface area contributed by atoms with E-state index in [1.807, 2.05) is 19.1 Å². The first-order valence-electron chi connectivity index (χ1n) is 5.43. The number of hydrogen-bond donors (Lipinski definition) is 1. The number of sulfone groups is 1. The first-order valence-corrected chi connectivity index (χ1v) is 7.15. The number of hydrogen-bond acceptors (Lipinski definition) is 4. The summed E-state index contributed by atoms with van der Waals surface area (Å²) in [7, 11) is -3.27. The molecule has 1 aromatic rings. The van der Waals surface area contributed by atoms with Crippen molar-refractivity contribution in [3.63, 3.8) is 0 Å². The summed E-state index contributed by atoms with van der Waals surface area (Å²) >= 11 is 0. The summed E-state index contributed by atoms with van der Waals surface area (Å²) in [4.78, 5) is 0. The molecule has 1 atom stereocenters. The van der Waals surface area contributed by atoms with Crippen LogP contribution in [0.5, 0.6) is 0 Å². The van der Waals surface area contributed by atoms with Gasteiger partial charge in [-0.15, -0.1) is 0 Å². The van der Waals surface area contributed by atoms with E-state index in [1.54, 1.807) is 26.0 Å². The van der Waals surface area contributed by atoms with E-state index in [-0.39, 0.29) is 11.5 Å². The van der Waals surface area contributed by atoms with Gasteiger partial charge in [-0.3, -0.25) is 0 Å². The number of oxime groups is 1. The van der Waals surface area contributed by atoms with Crippen LogP contribution in [0, 0.1) is 6.92 Å². The Hall–Kier alpha value is -1.36. The molecule has 0 aliphatic heterocycles. The average molecular weight is 255 g/mol. The topological polar surface area (TPSA) is 66.7 Å². The quantitative estimate of drug-likeness (QED) is 0.508. The molecule has 0 saturated heterocycles. The molecule has 0 bridgehead atoms. The van der Waals surface area contributed by atoms with Crippen LogP contribution in [0.4, 0.5) is 0 Å². The van der Waals surface area contributed by atoms with Crippen LogP contribution in [0.1, 0.15) is 25.0 Å². The Morgan fingerprint density at radius 1 is 1.41 bits per heavy atom. The summed E-state index contributed by atoms with van der Waals surface area (Å²) in [6.45, 7) is 4.98. The van der Waals surface area contributed by atoms with Crippen molar-refractivity contribution in [2.45, 2.75) is 26.0 Å². The van der Waals surface area contributed by atoms with E-state index in [9.17, 15) is 8.42 Å². The number of aryl methyl sites for hydroxylation is 1. The molecule has 0 amide bonds. The molecule has 0 aliphatic carbocycles. The molecule has 0 spiro atoms. The minimum atomic E-state index is -3.27. The zero-order valence-corrected chi connectivity index (χ0v) is 11.0. The zero-order valence-electron chi connectivity index (χ0n) is 10.2. The Labute approximate surface area is 102 Å². The second kappa shape index (κ2) is 5.31. The van der Waals surface area contributed by atoms with E-state index < -0.39 is 15.1 Å². The highest BCUT2D eigenvalue weighted by Crippen LogP contribution is 2.15. The van der Waals surface area contributed by atoms with Gasteiger partial charge in [-0.2, -0.15) is 0 Å². The molecule has 17 heavy (non-hydrogen) atoms. The number of rotatable bonds is 4. The summed E-state index contributed by atoms with van der Waals surface area (Å²) in [5.41, 5.74) is 1.75. The molecular formula is C12H17NO3S. The summed E-state index contributed by atoms with van der Waals surface area (Å²) in [5.74, 6) is 0.0269. The summed E-state index contributed by atoms with van der Waals surface area (Å²) in [6.07, 6.45) is 0. The highest BCUT2D eigenvalue weighted by molar-refractivity contribution is 7.92. The SMILES string of the molecule is CCS(=O)(=O)C(C)/C(=N/O)c1ccccc1C. The maximum atomic E-state index is 11.8. The van der Waals surface area contributed by atoms with E-state index in [1.165, 1.54) is 0 Å². The second-order valence-electron chi connectivity index (χ2n) is 3.89. The molecule has 0 aliphatic rings. The molecular weight excluding hydrogens is 238 g/mol. The predicted molar refractivity (Wildman–Crippen MR) is 68.4 cm³/mol. The summed E-state index contributed by atoms with van der Waals surface area (Å²) in [6, 6.07) is 7.25. The number of benzene rings is 1. The van der Waals surface area contributed by atoms with Crippen LogP contribution in [-0.4, -0.2) is 30.3 Å². The molecule has 0 saturated carbocycles. The van der Waals surface area contributed by atoms with E-state index in [2.05, 4.69) is 5.16 Å². The van der Waals surface area contributed by atoms with Gasteiger partial charge < -0.3 is 5.21 Å². The fraction of sp³-hybridized carbons (Fsp3) is 0.417. The maximum Gasteiger partial charge on any atom is 0.158 e. The summed E-state index contributed by atoms with van der Waals surface area (Å²) in [5, 5.41) is 11.4. The van der Waals surface area contributed by atoms with Gasteiger partial charge in [0.25, 0.3) is 0 Å². The van der Waals surface area contributed by atoms with Gasteiger partial charge in [0, 0.05) is 11.3 Å². The number of nitrogens with zero attached hydrogens (tertiary/aromatic N) is 1. The van der Waals surface area contributed by atoms with E-state index in [4.69, 9.17) is 5.21 Å². The molecule has 1 rings (SSSR count). The van der Waals surface area contributed by atoms with Crippen LogP contribution in [0.3, 0.4) is 0 Å². The molecule has 1 aromatic carbocycles. The van der Waals surface area contributed by atoms with Gasteiger partial charge in [0.2, 0.25) is 0 Å². The Morgan fingerprint density at radius 2 is 2.00 bits per heavy atom. The van der Waals surface area contributed by atoms with Gasteiger partial charge in [-0.1, -0.05) is 36.3 Å². The maximum absolute atomic E-state index is 11.8. The van der Waals surface area contributed by atoms with Gasteiger partial charge in [0.15, 0.2) is 9.84 Å². The fourth-order valence-electron chi connectivity index (χ4n) is 1.63. The van der Waals surface area contributed by atoms with Crippen molar-refractivity contribution in [3.05, 3.63) is 35.4 Å². The molecule has 0 heterocycles. The van der Waals surface area contributed by atoms with Gasteiger partial charge in [0.1, 0.15) is 11.0 Å². The second-order valence-corrected chi connectivity index (χ2v) is 6.50. The summed E-state index contributed by atoms with van der Waals surface area (Å²) < 4.78 is 23.6. The van der Waals surface area contributed by atoms with Crippen LogP contribution >= 0.6 is 0 Å². The Morgan fingerprint density at radius 3 is 2.47 bits per heavy atom. The van der Waals surface area contributed by atoms with Crippen molar-refractivity contribution in [1.29, 1.82) is 0 Å². The third kappa shape index (κ3) is 2.85. The first kappa shape index (κ1) is 13.7. The van der Waals surface area contributed by atoms with Crippen molar-refractivity contribution in [3.8, 4) is 0 Å². The van der Waals surface area contributed by atoms with Crippen molar-refractivity contribution in [1.82, 2.24) is 0 Å². The van der Waals surface area contributed by atoms with E-state index in [0.717, 1.165) is 5.56 Å². The highest BCUT2D eigenvalue weighted by atomic mass is 32.2. The highest BCUT2D eigenvalue weighted by Gasteiger charge is 2.26. The molecule has 0 aromatic heterocycles. The largest absolute Gasteiger partial charge is 0.411 e. The van der Waals surface area contributed by atoms with Crippen molar-refractivity contribution >= 4 is 15.5 Å². The molecule has 1 N–H and O–H groups in total. The van der Waals surface area contributed by atoms with Crippen molar-refractivity contribution < 1.29 is 13.6 Å². The van der Waals surface area contributed by atoms with Gasteiger partial charge in [-0.05, 0) is 19.4 Å². The minimum Gasteiger partial charge on any atom is -0.411 e. The molecule has 5 heteroatoms. The normalized spacial score (nSPS) is 14.6. The fourth-order valence-corrected chi connectivity index (χ4v) is 2.65. The van der Waals surface area contributed by atoms with Crippen molar-refractivity contribution in [2.75, 3.05) is 5.75 Å². The molecule has 94 valence electrons. The Kier molecular flexibility index (Phi) is 4.28. The monoisotopic (exact) mass is 255 g/mol. The third-order valence-electron chi connectivity index (χ3n) is 2.85. The lowest BCUT2D eigenvalue weighted by molar-refractivity contribution is 0.318. The minimum absolute atomic E-state index is 0.0269. The van der Waals surface area contributed by atoms with Crippen LogP contribution in [-0.2, 0) is 9.84 Å². The Bertz CT molecular complexity index is 520. The van der Waals surface area contributed by atoms with Crippen LogP contribution in [0.2, 0.25) is 0 Å². The lowest BCUT2D eigenvalue weighted by atomic mass is 10.0. The molecule has 1 unspecified atom stereocenters. The smallest absolute Gasteiger partial charge is 0.158 e. The lowest BCUT2D eigenvalue weighted by Gasteiger charge is -2.14. The van der Waals surface area contributed by atoms with Crippen LogP contribution in [0.15, 0.2) is 29.4 Å². The van der Waals surface area contributed by atoms with E-state index >= 15 is 0 Å². The Balaban J connectivity index is 3.24. The first-order chi connectivity index (χ1) is 7.94. The lowest BCUT2D eigenvalue weighted by Crippen LogP contribution is -2.30. The third-order valence-corrected chi connectivity index (χ3v) is 4.96. The van der Waals surface area contributed by atoms with Crippen molar-refractivity contribution in [2.24, 2.45) is 5.16 Å². The van der Waals surface area contributed by atoms with Gasteiger partial charge in [0.05, 0.1) is 0 Å². The van der Waals surface area contributed by atoms with Crippen LogP contribution in [0.25, 0.3) is 0 Å². The van der Waals surface area contributed by atoms with Gasteiger partial charge >= 0.3 is 0 Å². The van der Waals surface area contributed by atoms with Gasteiger partial charge in [-0.25, -0.2) is 8.42 Å². The molecule has 4 nitrogen and oxygen atoms in total. The zero-order chi connectivity index (χ0) is 13.1. The predicted octanol–water partition coefficient (Wildman–Crippen LogP) is 2.00. The van der Waals surface area contributed by atoms with Crippen LogP contribution < -0.4 is 0 Å². The average Bonchev–Trinajstić information content (AvgIpc) is 2.32. The molecule has 0 fully saturated rings. The standard InChI is InChI=1S/C12H17NO3S/c1-4-17(15,16)10(3)12(13-14)11-8-6-5-7-9(11)2/h5-8,10,14H,4H2,1-3H3/b13-12-.